The number of nitrogens with two attached hydrogens (primary N) is 2. The van der Waals surface area contributed by atoms with Crippen LogP contribution in [-0.4, -0.2) is 35.4 Å². The number of carbonyl (C=O) groups is 1. The number of hydrazine groups is 2. The number of ether oxygens (including phenoxy) is 1. The Labute approximate surface area is 206 Å². The van der Waals surface area contributed by atoms with Gasteiger partial charge in [0.2, 0.25) is 5.90 Å². The minimum Gasteiger partial charge on any atom is -0.475 e. The van der Waals surface area contributed by atoms with Crippen LogP contribution in [0.3, 0.4) is 0 Å². The van der Waals surface area contributed by atoms with E-state index in [9.17, 15) is 4.79 Å². The van der Waals surface area contributed by atoms with Crippen LogP contribution in [0.25, 0.3) is 0 Å². The summed E-state index contributed by atoms with van der Waals surface area (Å²) in [5, 5.41) is 14.5. The Morgan fingerprint density at radius 3 is 2.29 bits per heavy atom. The molecule has 0 spiro atoms. The van der Waals surface area contributed by atoms with Crippen molar-refractivity contribution in [3.05, 3.63) is 64.7 Å². The maximum atomic E-state index is 12.2. The second kappa shape index (κ2) is 13.2. The Morgan fingerprint density at radius 1 is 0.943 bits per heavy atom. The highest BCUT2D eigenvalue weighted by Crippen LogP contribution is 2.24. The van der Waals surface area contributed by atoms with Gasteiger partial charge in [0, 0.05) is 19.0 Å². The topological polar surface area (TPSA) is 131 Å². The number of nitrogens with zero attached hydrogens (tertiary/aromatic N) is 5. The zero-order chi connectivity index (χ0) is 26.0. The van der Waals surface area contributed by atoms with Crippen molar-refractivity contribution in [2.75, 3.05) is 12.1 Å². The monoisotopic (exact) mass is 481 g/mol. The first-order valence-corrected chi connectivity index (χ1v) is 11.3. The molecule has 35 heavy (non-hydrogen) atoms. The van der Waals surface area contributed by atoms with Gasteiger partial charge in [-0.05, 0) is 50.5 Å². The zero-order valence-electron chi connectivity index (χ0n) is 21.3. The van der Waals surface area contributed by atoms with Gasteiger partial charge in [-0.3, -0.25) is 5.01 Å². The summed E-state index contributed by atoms with van der Waals surface area (Å²) in [5.41, 5.74) is 5.59. The van der Waals surface area contributed by atoms with Crippen molar-refractivity contribution in [3.8, 4) is 0 Å². The number of rotatable bonds is 9. The number of benzene rings is 2. The molecule has 2 amide bonds. The SMILES string of the molecule is CCC(=NN=C(C)C(C)=NOCc1ccccc1C)OCc1c(C)cccc1N(N)C(=O)N(C)N. The lowest BCUT2D eigenvalue weighted by Gasteiger charge is -2.24. The number of anilines is 1. The lowest BCUT2D eigenvalue weighted by molar-refractivity contribution is 0.130. The summed E-state index contributed by atoms with van der Waals surface area (Å²) in [5.74, 6) is 12.0. The first-order chi connectivity index (χ1) is 16.6. The summed E-state index contributed by atoms with van der Waals surface area (Å²) < 4.78 is 5.90. The van der Waals surface area contributed by atoms with Gasteiger partial charge in [0.15, 0.2) is 0 Å². The van der Waals surface area contributed by atoms with Crippen LogP contribution in [0.1, 0.15) is 49.4 Å². The van der Waals surface area contributed by atoms with Crippen LogP contribution in [0.4, 0.5) is 10.5 Å². The largest absolute Gasteiger partial charge is 0.475 e. The molecule has 0 saturated heterocycles. The van der Waals surface area contributed by atoms with E-state index in [0.29, 0.717) is 36.0 Å². The molecule has 0 aliphatic heterocycles. The van der Waals surface area contributed by atoms with E-state index in [0.717, 1.165) is 32.3 Å². The van der Waals surface area contributed by atoms with E-state index in [2.05, 4.69) is 15.4 Å². The molecule has 0 atom stereocenters. The molecule has 0 saturated carbocycles. The third-order valence-electron chi connectivity index (χ3n) is 5.36. The Morgan fingerprint density at radius 2 is 1.63 bits per heavy atom. The number of aryl methyl sites for hydroxylation is 2. The molecule has 0 aromatic heterocycles. The van der Waals surface area contributed by atoms with Gasteiger partial charge in [0.05, 0.1) is 17.1 Å². The fraction of sp³-hybridized carbons (Fsp3) is 0.360. The predicted molar refractivity (Wildman–Crippen MR) is 140 cm³/mol. The van der Waals surface area contributed by atoms with Crippen LogP contribution in [0.5, 0.6) is 0 Å². The van der Waals surface area contributed by atoms with Crippen LogP contribution in [0, 0.1) is 13.8 Å². The standard InChI is InChI=1S/C25H35N7O3/c1-7-24(29-28-19(4)20(5)30-35-15-21-13-9-8-11-17(21)2)34-16-22-18(3)12-10-14-23(22)32(27)25(33)31(6)26/h8-14H,7,15-16,26-27H2,1-6H3. The average Bonchev–Trinajstić information content (AvgIpc) is 2.84. The third-order valence-corrected chi connectivity index (χ3v) is 5.36. The smallest absolute Gasteiger partial charge is 0.352 e. The quantitative estimate of drug-likeness (QED) is 0.182. The second-order valence-corrected chi connectivity index (χ2v) is 8.03. The predicted octanol–water partition coefficient (Wildman–Crippen LogP) is 4.20. The Kier molecular flexibility index (Phi) is 10.4. The molecule has 2 aromatic rings. The van der Waals surface area contributed by atoms with E-state index < -0.39 is 6.03 Å². The summed E-state index contributed by atoms with van der Waals surface area (Å²) in [7, 11) is 1.43. The molecule has 0 unspecified atom stereocenters. The van der Waals surface area contributed by atoms with E-state index >= 15 is 0 Å². The molecule has 0 heterocycles. The van der Waals surface area contributed by atoms with Crippen LogP contribution >= 0.6 is 0 Å². The molecule has 0 bridgehead atoms. The molecule has 0 radical (unpaired) electrons. The van der Waals surface area contributed by atoms with Crippen molar-refractivity contribution in [3.63, 3.8) is 0 Å². The second-order valence-electron chi connectivity index (χ2n) is 8.03. The molecule has 10 heteroatoms. The van der Waals surface area contributed by atoms with Crippen molar-refractivity contribution in [1.29, 1.82) is 0 Å². The number of carbonyl (C=O) groups excluding carboxylic acids is 1. The third kappa shape index (κ3) is 7.90. The van der Waals surface area contributed by atoms with Crippen LogP contribution < -0.4 is 16.7 Å². The van der Waals surface area contributed by atoms with Gasteiger partial charge in [-0.15, -0.1) is 5.10 Å². The molecule has 2 aromatic carbocycles. The van der Waals surface area contributed by atoms with Gasteiger partial charge in [0.1, 0.15) is 13.2 Å². The summed E-state index contributed by atoms with van der Waals surface area (Å²) in [6, 6.07) is 12.9. The molecule has 0 fully saturated rings. The van der Waals surface area contributed by atoms with Crippen molar-refractivity contribution in [2.24, 2.45) is 27.0 Å². The van der Waals surface area contributed by atoms with Crippen molar-refractivity contribution in [2.45, 2.75) is 54.3 Å². The Bertz CT molecular complexity index is 1110. The van der Waals surface area contributed by atoms with E-state index in [1.807, 2.05) is 57.2 Å². The lowest BCUT2D eigenvalue weighted by Crippen LogP contribution is -2.49. The summed E-state index contributed by atoms with van der Waals surface area (Å²) >= 11 is 0. The minimum absolute atomic E-state index is 0.158. The van der Waals surface area contributed by atoms with Gasteiger partial charge < -0.3 is 9.57 Å². The number of oxime groups is 1. The van der Waals surface area contributed by atoms with E-state index in [1.165, 1.54) is 7.05 Å². The fourth-order valence-electron chi connectivity index (χ4n) is 2.97. The van der Waals surface area contributed by atoms with E-state index in [-0.39, 0.29) is 6.61 Å². The first kappa shape index (κ1) is 27.5. The summed E-state index contributed by atoms with van der Waals surface area (Å²) in [4.78, 5) is 17.7. The average molecular weight is 482 g/mol. The molecule has 2 rings (SSSR count). The van der Waals surface area contributed by atoms with Gasteiger partial charge >= 0.3 is 6.03 Å². The number of hydrogen-bond acceptors (Lipinski definition) is 8. The number of urea groups is 1. The van der Waals surface area contributed by atoms with Gasteiger partial charge in [-0.1, -0.05) is 48.5 Å². The fourth-order valence-corrected chi connectivity index (χ4v) is 2.97. The normalized spacial score (nSPS) is 12.4. The van der Waals surface area contributed by atoms with Gasteiger partial charge in [0.25, 0.3) is 0 Å². The van der Waals surface area contributed by atoms with Crippen LogP contribution in [0.15, 0.2) is 57.8 Å². The maximum absolute atomic E-state index is 12.2. The molecule has 4 N–H and O–H groups in total. The molecule has 0 aliphatic carbocycles. The number of hydrogen-bond donors (Lipinski definition) is 2. The molecule has 10 nitrogen and oxygen atoms in total. The Hall–Kier alpha value is -3.76. The Balaban J connectivity index is 2.08. The summed E-state index contributed by atoms with van der Waals surface area (Å²) in [6.07, 6.45) is 0.523. The lowest BCUT2D eigenvalue weighted by atomic mass is 10.1. The van der Waals surface area contributed by atoms with E-state index in [4.69, 9.17) is 21.3 Å². The molecular weight excluding hydrogens is 446 g/mol. The van der Waals surface area contributed by atoms with Crippen LogP contribution in [-0.2, 0) is 22.8 Å². The highest BCUT2D eigenvalue weighted by atomic mass is 16.6. The first-order valence-electron chi connectivity index (χ1n) is 11.3. The minimum atomic E-state index is -0.555. The highest BCUT2D eigenvalue weighted by Gasteiger charge is 2.19. The molecule has 188 valence electrons. The number of amides is 2. The van der Waals surface area contributed by atoms with Crippen molar-refractivity contribution < 1.29 is 14.4 Å². The highest BCUT2D eigenvalue weighted by molar-refractivity contribution is 6.40. The van der Waals surface area contributed by atoms with Crippen molar-refractivity contribution in [1.82, 2.24) is 5.01 Å². The molecule has 0 aliphatic rings. The zero-order valence-corrected chi connectivity index (χ0v) is 21.3. The van der Waals surface area contributed by atoms with Gasteiger partial charge in [-0.2, -0.15) is 5.10 Å². The van der Waals surface area contributed by atoms with Gasteiger partial charge in [-0.25, -0.2) is 21.5 Å². The van der Waals surface area contributed by atoms with Crippen molar-refractivity contribution >= 4 is 29.0 Å². The van der Waals surface area contributed by atoms with Crippen LogP contribution in [0.2, 0.25) is 0 Å². The molecular formula is C25H35N7O3. The summed E-state index contributed by atoms with van der Waals surface area (Å²) in [6.45, 7) is 10.00. The maximum Gasteiger partial charge on any atom is 0.352 e. The van der Waals surface area contributed by atoms with E-state index in [1.54, 1.807) is 19.9 Å².